The summed E-state index contributed by atoms with van der Waals surface area (Å²) in [6, 6.07) is 0. The van der Waals surface area contributed by atoms with Crippen LogP contribution in [0.5, 0.6) is 0 Å². The first kappa shape index (κ1) is 2.94. The Labute approximate surface area is 35.0 Å². The van der Waals surface area contributed by atoms with E-state index in [1.165, 1.54) is 0 Å². The van der Waals surface area contributed by atoms with Crippen molar-refractivity contribution < 1.29 is 0 Å². The zero-order valence-electron chi connectivity index (χ0n) is 1.96. The summed E-state index contributed by atoms with van der Waals surface area (Å²) in [5.41, 5.74) is 0. The second kappa shape index (κ2) is 0.843. The second-order valence-corrected chi connectivity index (χ2v) is 5.86. The van der Waals surface area contributed by atoms with Crippen LogP contribution in [0, 0.1) is 0 Å². The van der Waals surface area contributed by atoms with Crippen LogP contribution in [0.4, 0.5) is 0 Å². The van der Waals surface area contributed by atoms with Gasteiger partial charge in [-0.3, -0.25) is 0 Å². The van der Waals surface area contributed by atoms with Crippen LogP contribution in [0.1, 0.15) is 0 Å². The van der Waals surface area contributed by atoms with E-state index in [-0.39, 0.29) is 0 Å². The van der Waals surface area contributed by atoms with Gasteiger partial charge < -0.3 is 0 Å². The van der Waals surface area contributed by atoms with Crippen molar-refractivity contribution in [3.8, 4) is 0 Å². The molecule has 0 aromatic rings. The molecule has 0 amide bonds. The van der Waals surface area contributed by atoms with Crippen molar-refractivity contribution in [2.75, 3.05) is 0 Å². The molecule has 4 heavy (non-hydrogen) atoms. The van der Waals surface area contributed by atoms with Gasteiger partial charge >= 0.3 is 0 Å². The van der Waals surface area contributed by atoms with Gasteiger partial charge in [0.25, 0.3) is 0 Å². The smallest absolute Gasteiger partial charge is 0.0431 e. The van der Waals surface area contributed by atoms with Gasteiger partial charge in [0, 0.05) is 22.7 Å². The summed E-state index contributed by atoms with van der Waals surface area (Å²) in [5, 5.41) is 0. The number of rotatable bonds is 0. The van der Waals surface area contributed by atoms with Crippen molar-refractivity contribution >= 4 is 29.7 Å². The molecule has 0 unspecified atom stereocenters. The van der Waals surface area contributed by atoms with Gasteiger partial charge in [-0.15, -0.1) is 11.6 Å². The van der Waals surface area contributed by atoms with Crippen LogP contribution in [0.2, 0.25) is 0 Å². The fourth-order valence-electron chi connectivity index (χ4n) is 0.0315. The summed E-state index contributed by atoms with van der Waals surface area (Å²) in [5.74, 6) is 0. The zero-order chi connectivity index (χ0) is 2.99. The third-order valence-electron chi connectivity index (χ3n) is 0.253. The number of hydrogen-bond acceptors (Lipinski definition) is 0. The van der Waals surface area contributed by atoms with E-state index in [0.29, 0.717) is 4.62 Å². The van der Waals surface area contributed by atoms with Crippen LogP contribution in [-0.4, -0.2) is 22.7 Å². The summed E-state index contributed by atoms with van der Waals surface area (Å²) >= 11 is 5.41. The fraction of sp³-hybridized carbons (Fsp3) is 1.00. The van der Waals surface area contributed by atoms with Gasteiger partial charge in [0.1, 0.15) is 0 Å². The molecule has 4 radical (unpaired) electrons. The fourth-order valence-corrected chi connectivity index (χ4v) is 0.850. The Hall–Kier alpha value is 0.724. The molecule has 0 saturated carbocycles. The maximum atomic E-state index is 5.41. The average Bonchev–Trinajstić information content (AvgIpc) is 1.75. The first-order valence-electron chi connectivity index (χ1n) is 1.05. The third-order valence-corrected chi connectivity index (χ3v) is 4.24. The van der Waals surface area contributed by atoms with E-state index in [2.05, 4.69) is 0 Å². The van der Waals surface area contributed by atoms with Crippen molar-refractivity contribution in [2.45, 2.75) is 4.62 Å². The van der Waals surface area contributed by atoms with Gasteiger partial charge in [-0.25, -0.2) is 0 Å². The molecule has 0 N–H and O–H groups in total. The minimum Gasteiger partial charge on any atom is -0.132 e. The first-order chi connectivity index (χ1) is 1.89. The molecule has 0 aromatic carbocycles. The summed E-state index contributed by atoms with van der Waals surface area (Å²) in [7, 11) is 2.20. The molecule has 1 aliphatic heterocycles. The molecule has 1 heterocycles. The van der Waals surface area contributed by atoms with Gasteiger partial charge in [-0.1, -0.05) is 0 Å². The lowest BCUT2D eigenvalue weighted by Gasteiger charge is -1.51. The maximum absolute atomic E-state index is 5.41. The molecule has 3 heteroatoms. The predicted octanol–water partition coefficient (Wildman–Crippen LogP) is -0.154. The standard InChI is InChI=1S/CHClSi2/c2-1-3-4-1/h1H. The largest absolute Gasteiger partial charge is 0.132 e. The highest BCUT2D eigenvalue weighted by Crippen LogP contribution is 2.00. The minimum atomic E-state index is 0.611. The summed E-state index contributed by atoms with van der Waals surface area (Å²) in [4.78, 5) is 0. The molecule has 0 bridgehead atoms. The van der Waals surface area contributed by atoms with E-state index in [0.717, 1.165) is 18.1 Å². The van der Waals surface area contributed by atoms with Gasteiger partial charge in [-0.2, -0.15) is 0 Å². The molecule has 0 aromatic heterocycles. The number of alkyl halides is 1. The van der Waals surface area contributed by atoms with Gasteiger partial charge in [0.2, 0.25) is 0 Å². The first-order valence-corrected chi connectivity index (χ1v) is 4.64. The molecule has 0 nitrogen and oxygen atoms in total. The lowest BCUT2D eigenvalue weighted by Crippen LogP contribution is -1.56. The van der Waals surface area contributed by atoms with E-state index in [1.807, 2.05) is 0 Å². The Morgan fingerprint density at radius 3 is 1.75 bits per heavy atom. The van der Waals surface area contributed by atoms with Crippen molar-refractivity contribution in [2.24, 2.45) is 0 Å². The SMILES string of the molecule is ClC1[Si][Si]1. The molecule has 20 valence electrons. The van der Waals surface area contributed by atoms with Crippen molar-refractivity contribution in [3.05, 3.63) is 0 Å². The quantitative estimate of drug-likeness (QED) is 0.296. The zero-order valence-corrected chi connectivity index (χ0v) is 4.71. The predicted molar refractivity (Wildman–Crippen MR) is 21.1 cm³/mol. The highest BCUT2D eigenvalue weighted by molar-refractivity contribution is 7.28. The lowest BCUT2D eigenvalue weighted by molar-refractivity contribution is 2.04. The molecular formula is CHClSi2. The maximum Gasteiger partial charge on any atom is 0.0431 e. The summed E-state index contributed by atoms with van der Waals surface area (Å²) in [6.07, 6.45) is 0. The molecular weight excluding hydrogens is 104 g/mol. The van der Waals surface area contributed by atoms with Crippen LogP contribution >= 0.6 is 11.6 Å². The van der Waals surface area contributed by atoms with Crippen LogP contribution in [-0.2, 0) is 0 Å². The van der Waals surface area contributed by atoms with E-state index < -0.39 is 0 Å². The van der Waals surface area contributed by atoms with Crippen molar-refractivity contribution in [1.82, 2.24) is 0 Å². The van der Waals surface area contributed by atoms with Gasteiger partial charge in [0.05, 0.1) is 0 Å². The molecule has 0 aliphatic carbocycles. The average molecular weight is 105 g/mol. The molecule has 0 spiro atoms. The number of halogens is 1. The Bertz CT molecular complexity index is 25.2. The topological polar surface area (TPSA) is 0 Å². The van der Waals surface area contributed by atoms with Crippen molar-refractivity contribution in [1.29, 1.82) is 0 Å². The Morgan fingerprint density at radius 1 is 1.50 bits per heavy atom. The minimum absolute atomic E-state index is 0.611. The summed E-state index contributed by atoms with van der Waals surface area (Å²) in [6.45, 7) is 0. The van der Waals surface area contributed by atoms with Gasteiger partial charge in [0.15, 0.2) is 0 Å². The summed E-state index contributed by atoms with van der Waals surface area (Å²) < 4.78 is 0.611. The van der Waals surface area contributed by atoms with Crippen LogP contribution in [0.15, 0.2) is 0 Å². The van der Waals surface area contributed by atoms with E-state index >= 15 is 0 Å². The van der Waals surface area contributed by atoms with E-state index in [1.54, 1.807) is 0 Å². The highest BCUT2D eigenvalue weighted by Gasteiger charge is 2.19. The number of hydrogen-bond donors (Lipinski definition) is 0. The van der Waals surface area contributed by atoms with Crippen LogP contribution in [0.25, 0.3) is 0 Å². The second-order valence-electron chi connectivity index (χ2n) is 0.651. The molecule has 0 atom stereocenters. The Balaban J connectivity index is 2.17. The van der Waals surface area contributed by atoms with Crippen LogP contribution in [0.3, 0.4) is 0 Å². The van der Waals surface area contributed by atoms with Crippen molar-refractivity contribution in [3.63, 3.8) is 0 Å². The Kier molecular flexibility index (Phi) is 0.619. The normalized spacial score (nSPS) is 26.2. The van der Waals surface area contributed by atoms with E-state index in [9.17, 15) is 0 Å². The van der Waals surface area contributed by atoms with E-state index in [4.69, 9.17) is 11.6 Å². The molecule has 1 rings (SSSR count). The lowest BCUT2D eigenvalue weighted by atomic mass is 11.9. The Morgan fingerprint density at radius 2 is 1.75 bits per heavy atom. The monoisotopic (exact) mass is 104 g/mol. The van der Waals surface area contributed by atoms with Gasteiger partial charge in [-0.05, 0) is 0 Å². The third kappa shape index (κ3) is 0.584. The van der Waals surface area contributed by atoms with Crippen LogP contribution < -0.4 is 0 Å². The molecule has 1 aliphatic rings. The molecule has 1 fully saturated rings. The highest BCUT2D eigenvalue weighted by atomic mass is 35.5. The molecule has 1 saturated heterocycles.